The summed E-state index contributed by atoms with van der Waals surface area (Å²) < 4.78 is 1.22. The predicted octanol–water partition coefficient (Wildman–Crippen LogP) is 2.30. The molecule has 1 amide bonds. The van der Waals surface area contributed by atoms with Gasteiger partial charge in [-0.3, -0.25) is 4.79 Å². The zero-order valence-corrected chi connectivity index (χ0v) is 12.4. The molecule has 0 aliphatic heterocycles. The second-order valence-corrected chi connectivity index (χ2v) is 5.52. The van der Waals surface area contributed by atoms with Gasteiger partial charge in [0.1, 0.15) is 11.8 Å². The number of fused-ring (bicyclic) bond motifs is 1. The number of aromatic nitrogens is 2. The first kappa shape index (κ1) is 14.7. The van der Waals surface area contributed by atoms with Gasteiger partial charge < -0.3 is 15.4 Å². The van der Waals surface area contributed by atoms with E-state index in [9.17, 15) is 20.2 Å². The smallest absolute Gasteiger partial charge is 0.347 e. The minimum atomic E-state index is -0.785. The molecule has 0 radical (unpaired) electrons. The Morgan fingerprint density at radius 2 is 2.30 bits per heavy atom. The van der Waals surface area contributed by atoms with Crippen molar-refractivity contribution in [2.24, 2.45) is 0 Å². The number of hydrogen-bond donors (Lipinski definition) is 1. The van der Waals surface area contributed by atoms with Crippen molar-refractivity contribution in [3.8, 4) is 6.07 Å². The van der Waals surface area contributed by atoms with Gasteiger partial charge in [-0.1, -0.05) is 6.07 Å². The third kappa shape index (κ3) is 2.63. The highest BCUT2D eigenvalue weighted by Crippen LogP contribution is 2.21. The summed E-state index contributed by atoms with van der Waals surface area (Å²) in [6, 6.07) is 7.79. The molecule has 0 bridgehead atoms. The summed E-state index contributed by atoms with van der Waals surface area (Å²) in [5, 5.41) is 24.6. The van der Waals surface area contributed by atoms with E-state index in [1.165, 1.54) is 34.1 Å². The summed E-state index contributed by atoms with van der Waals surface area (Å²) in [5.74, 6) is -0.749. The van der Waals surface area contributed by atoms with E-state index in [1.807, 2.05) is 11.4 Å². The van der Waals surface area contributed by atoms with Crippen LogP contribution in [0.4, 0.5) is 5.82 Å². The van der Waals surface area contributed by atoms with Gasteiger partial charge in [0.15, 0.2) is 6.04 Å². The monoisotopic (exact) mass is 327 g/mol. The normalized spacial score (nSPS) is 11.8. The molecule has 0 saturated carbocycles. The molecule has 3 aromatic rings. The molecule has 0 spiro atoms. The van der Waals surface area contributed by atoms with Crippen LogP contribution >= 0.6 is 11.3 Å². The van der Waals surface area contributed by atoms with E-state index in [2.05, 4.69) is 10.3 Å². The van der Waals surface area contributed by atoms with Crippen LogP contribution in [0, 0.1) is 21.4 Å². The van der Waals surface area contributed by atoms with Crippen LogP contribution in [0.2, 0.25) is 0 Å². The lowest BCUT2D eigenvalue weighted by molar-refractivity contribution is -0.390. The highest BCUT2D eigenvalue weighted by atomic mass is 32.1. The van der Waals surface area contributed by atoms with E-state index in [4.69, 9.17) is 0 Å². The maximum Gasteiger partial charge on any atom is 0.347 e. The summed E-state index contributed by atoms with van der Waals surface area (Å²) in [6.45, 7) is 0. The van der Waals surface area contributed by atoms with Gasteiger partial charge in [0.2, 0.25) is 5.65 Å². The lowest BCUT2D eigenvalue weighted by Crippen LogP contribution is -2.27. The number of pyridine rings is 1. The number of nitrogens with one attached hydrogen (secondary N) is 1. The molecular weight excluding hydrogens is 318 g/mol. The van der Waals surface area contributed by atoms with Crippen LogP contribution in [0.3, 0.4) is 0 Å². The maximum atomic E-state index is 12.4. The van der Waals surface area contributed by atoms with E-state index in [-0.39, 0.29) is 17.0 Å². The third-order valence-electron chi connectivity index (χ3n) is 3.18. The summed E-state index contributed by atoms with van der Waals surface area (Å²) in [4.78, 5) is 27.4. The highest BCUT2D eigenvalue weighted by Gasteiger charge is 2.22. The molecule has 0 saturated heterocycles. The Kier molecular flexibility index (Phi) is 3.74. The lowest BCUT2D eigenvalue weighted by Gasteiger charge is -2.09. The highest BCUT2D eigenvalue weighted by molar-refractivity contribution is 7.10. The van der Waals surface area contributed by atoms with Crippen LogP contribution in [0.25, 0.3) is 5.65 Å². The summed E-state index contributed by atoms with van der Waals surface area (Å²) in [6.07, 6.45) is 2.55. The van der Waals surface area contributed by atoms with Gasteiger partial charge in [-0.05, 0) is 28.5 Å². The Bertz CT molecular complexity index is 926. The third-order valence-corrected chi connectivity index (χ3v) is 4.12. The van der Waals surface area contributed by atoms with Gasteiger partial charge in [-0.2, -0.15) is 9.66 Å². The second-order valence-electron chi connectivity index (χ2n) is 4.54. The maximum absolute atomic E-state index is 12.4. The first-order chi connectivity index (χ1) is 11.1. The second kappa shape index (κ2) is 5.86. The molecule has 3 rings (SSSR count). The topological polar surface area (TPSA) is 113 Å². The van der Waals surface area contributed by atoms with E-state index in [0.717, 1.165) is 6.20 Å². The molecule has 0 aliphatic rings. The quantitative estimate of drug-likeness (QED) is 0.583. The zero-order chi connectivity index (χ0) is 16.4. The van der Waals surface area contributed by atoms with Crippen molar-refractivity contribution in [2.45, 2.75) is 6.04 Å². The van der Waals surface area contributed by atoms with Crippen LogP contribution in [0.15, 0.2) is 42.0 Å². The number of rotatable bonds is 4. The van der Waals surface area contributed by atoms with Crippen LogP contribution in [-0.2, 0) is 0 Å². The van der Waals surface area contributed by atoms with Crippen LogP contribution in [-0.4, -0.2) is 20.2 Å². The number of carbonyl (C=O) groups is 1. The van der Waals surface area contributed by atoms with Crippen molar-refractivity contribution < 1.29 is 9.72 Å². The van der Waals surface area contributed by atoms with Crippen LogP contribution in [0.5, 0.6) is 0 Å². The summed E-state index contributed by atoms with van der Waals surface area (Å²) in [7, 11) is 0. The Balaban J connectivity index is 1.95. The molecule has 23 heavy (non-hydrogen) atoms. The van der Waals surface area contributed by atoms with Crippen molar-refractivity contribution in [1.82, 2.24) is 14.7 Å². The number of nitriles is 1. The standard InChI is InChI=1S/C14H9N5O3S/c15-7-10(11-4-2-6-23-11)17-14(20)9-3-1-5-18-12(19(21)22)8-16-13(9)18/h1-6,8,10H,(H,17,20). The minimum absolute atomic E-state index is 0.164. The SMILES string of the molecule is N#CC(NC(=O)c1cccn2c([N+](=O)[O-])cnc12)c1cccs1. The molecular formula is C14H9N5O3S. The van der Waals surface area contributed by atoms with Crippen molar-refractivity contribution in [1.29, 1.82) is 5.26 Å². The van der Waals surface area contributed by atoms with Gasteiger partial charge in [0, 0.05) is 4.88 Å². The number of hydrogen-bond acceptors (Lipinski definition) is 6. The molecule has 3 aromatic heterocycles. The zero-order valence-electron chi connectivity index (χ0n) is 11.5. The van der Waals surface area contributed by atoms with Crippen molar-refractivity contribution in [2.75, 3.05) is 0 Å². The molecule has 9 heteroatoms. The average Bonchev–Trinajstić information content (AvgIpc) is 3.20. The number of nitrogens with zero attached hydrogens (tertiary/aromatic N) is 4. The molecule has 0 aromatic carbocycles. The predicted molar refractivity (Wildman–Crippen MR) is 82.0 cm³/mol. The van der Waals surface area contributed by atoms with E-state index in [1.54, 1.807) is 12.1 Å². The molecule has 1 unspecified atom stereocenters. The van der Waals surface area contributed by atoms with Gasteiger partial charge in [-0.15, -0.1) is 11.3 Å². The summed E-state index contributed by atoms with van der Waals surface area (Å²) in [5.41, 5.74) is 0.331. The van der Waals surface area contributed by atoms with Gasteiger partial charge in [0.05, 0.1) is 12.3 Å². The van der Waals surface area contributed by atoms with E-state index >= 15 is 0 Å². The largest absolute Gasteiger partial charge is 0.358 e. The summed E-state index contributed by atoms with van der Waals surface area (Å²) >= 11 is 1.36. The molecule has 0 aliphatic carbocycles. The Hall–Kier alpha value is -3.25. The number of imidazole rings is 1. The number of thiophene rings is 1. The van der Waals surface area contributed by atoms with Crippen LogP contribution < -0.4 is 5.32 Å². The minimum Gasteiger partial charge on any atom is -0.358 e. The first-order valence-electron chi connectivity index (χ1n) is 6.46. The molecule has 3 heterocycles. The number of nitro groups is 1. The lowest BCUT2D eigenvalue weighted by atomic mass is 10.2. The number of carbonyl (C=O) groups excluding carboxylic acids is 1. The van der Waals surface area contributed by atoms with Crippen molar-refractivity contribution in [3.63, 3.8) is 0 Å². The van der Waals surface area contributed by atoms with Gasteiger partial charge >= 0.3 is 5.82 Å². The fourth-order valence-corrected chi connectivity index (χ4v) is 2.86. The van der Waals surface area contributed by atoms with Crippen molar-refractivity contribution in [3.05, 3.63) is 62.6 Å². The molecule has 0 fully saturated rings. The molecule has 8 nitrogen and oxygen atoms in total. The Morgan fingerprint density at radius 1 is 1.48 bits per heavy atom. The van der Waals surface area contributed by atoms with Gasteiger partial charge in [-0.25, -0.2) is 4.98 Å². The molecule has 1 N–H and O–H groups in total. The molecule has 114 valence electrons. The molecule has 1 atom stereocenters. The average molecular weight is 327 g/mol. The first-order valence-corrected chi connectivity index (χ1v) is 7.34. The van der Waals surface area contributed by atoms with E-state index in [0.29, 0.717) is 4.88 Å². The Morgan fingerprint density at radius 3 is 2.96 bits per heavy atom. The fraction of sp³-hybridized carbons (Fsp3) is 0.0714. The number of amides is 1. The Labute approximate surface area is 133 Å². The van der Waals surface area contributed by atoms with Gasteiger partial charge in [0.25, 0.3) is 5.91 Å². The van der Waals surface area contributed by atoms with E-state index < -0.39 is 16.9 Å². The van der Waals surface area contributed by atoms with Crippen molar-refractivity contribution >= 4 is 28.7 Å². The van der Waals surface area contributed by atoms with Crippen LogP contribution in [0.1, 0.15) is 21.3 Å². The fourth-order valence-electron chi connectivity index (χ4n) is 2.14.